The van der Waals surface area contributed by atoms with Gasteiger partial charge in [-0.3, -0.25) is 0 Å². The molecule has 0 radical (unpaired) electrons. The molecule has 1 N–H and O–H groups in total. The molecule has 0 heterocycles. The van der Waals surface area contributed by atoms with Gasteiger partial charge in [-0.2, -0.15) is 0 Å². The Hall–Kier alpha value is -0.820. The first-order valence-electron chi connectivity index (χ1n) is 12.1. The van der Waals surface area contributed by atoms with Gasteiger partial charge in [0.25, 0.3) is 0 Å². The summed E-state index contributed by atoms with van der Waals surface area (Å²) in [6, 6.07) is 0. The van der Waals surface area contributed by atoms with Gasteiger partial charge in [0, 0.05) is 0 Å². The monoisotopic (exact) mass is 384 g/mol. The Labute approximate surface area is 174 Å². The van der Waals surface area contributed by atoms with Crippen molar-refractivity contribution >= 4 is 0 Å². The van der Waals surface area contributed by atoms with Crippen LogP contribution in [0.2, 0.25) is 0 Å². The second kappa shape index (κ2) is 9.33. The highest BCUT2D eigenvalue weighted by molar-refractivity contribution is 5.36. The molecule has 3 rings (SSSR count). The van der Waals surface area contributed by atoms with Gasteiger partial charge in [0.1, 0.15) is 0 Å². The predicted octanol–water partition coefficient (Wildman–Crippen LogP) is 7.62. The van der Waals surface area contributed by atoms with Crippen LogP contribution in [0.5, 0.6) is 0 Å². The van der Waals surface area contributed by atoms with Gasteiger partial charge in [-0.25, -0.2) is 0 Å². The maximum atomic E-state index is 10.0. The van der Waals surface area contributed by atoms with Crippen molar-refractivity contribution in [2.45, 2.75) is 104 Å². The van der Waals surface area contributed by atoms with Crippen LogP contribution in [0.25, 0.3) is 0 Å². The molecule has 0 aromatic carbocycles. The third-order valence-electron chi connectivity index (χ3n) is 8.35. The summed E-state index contributed by atoms with van der Waals surface area (Å²) in [5.41, 5.74) is 4.72. The molecular weight excluding hydrogens is 340 g/mol. The van der Waals surface area contributed by atoms with E-state index in [4.69, 9.17) is 0 Å². The molecule has 3 aliphatic rings. The molecule has 3 aliphatic carbocycles. The number of aliphatic hydroxyl groups excluding tert-OH is 1. The van der Waals surface area contributed by atoms with E-state index in [0.29, 0.717) is 5.41 Å². The van der Waals surface area contributed by atoms with E-state index < -0.39 is 0 Å². The van der Waals surface area contributed by atoms with E-state index in [1.54, 1.807) is 5.57 Å². The van der Waals surface area contributed by atoms with Gasteiger partial charge in [0.05, 0.1) is 6.10 Å². The van der Waals surface area contributed by atoms with Crippen LogP contribution >= 0.6 is 0 Å². The van der Waals surface area contributed by atoms with Crippen LogP contribution in [0.1, 0.15) is 98.3 Å². The zero-order valence-electron chi connectivity index (χ0n) is 19.0. The van der Waals surface area contributed by atoms with Crippen LogP contribution in [-0.4, -0.2) is 11.2 Å². The number of rotatable bonds is 6. The summed E-state index contributed by atoms with van der Waals surface area (Å²) in [6.07, 6.45) is 18.2. The van der Waals surface area contributed by atoms with Gasteiger partial charge in [-0.1, -0.05) is 76.8 Å². The van der Waals surface area contributed by atoms with Crippen molar-refractivity contribution < 1.29 is 5.11 Å². The molecule has 0 aliphatic heterocycles. The van der Waals surface area contributed by atoms with Gasteiger partial charge < -0.3 is 5.11 Å². The molecule has 1 heteroatoms. The number of fused-ring (bicyclic) bond motifs is 1. The van der Waals surface area contributed by atoms with Gasteiger partial charge in [0.2, 0.25) is 0 Å². The van der Waals surface area contributed by atoms with E-state index in [1.165, 1.54) is 62.5 Å². The number of aliphatic hydroxyl groups is 1. The SMILES string of the molecule is C=C1CC[C@H](O)C/C1=C/C=C1\CCC[C@@]2(C)[C@H]1CC[C@H]2[C@@H](C)CCCC(C)C. The first-order chi connectivity index (χ1) is 13.3. The first-order valence-corrected chi connectivity index (χ1v) is 12.1. The quantitative estimate of drug-likeness (QED) is 0.499. The van der Waals surface area contributed by atoms with Crippen molar-refractivity contribution in [1.29, 1.82) is 0 Å². The summed E-state index contributed by atoms with van der Waals surface area (Å²) in [6.45, 7) is 14.1. The van der Waals surface area contributed by atoms with E-state index in [-0.39, 0.29) is 6.10 Å². The highest BCUT2D eigenvalue weighted by Crippen LogP contribution is 2.59. The fourth-order valence-corrected chi connectivity index (χ4v) is 6.66. The maximum Gasteiger partial charge on any atom is 0.0583 e. The van der Waals surface area contributed by atoms with Crippen molar-refractivity contribution in [3.8, 4) is 0 Å². The fourth-order valence-electron chi connectivity index (χ4n) is 6.66. The average molecular weight is 385 g/mol. The van der Waals surface area contributed by atoms with Crippen LogP contribution in [0.15, 0.2) is 35.5 Å². The zero-order chi connectivity index (χ0) is 20.3. The molecule has 0 unspecified atom stereocenters. The summed E-state index contributed by atoms with van der Waals surface area (Å²) >= 11 is 0. The molecule has 0 amide bonds. The van der Waals surface area contributed by atoms with Crippen LogP contribution in [-0.2, 0) is 0 Å². The van der Waals surface area contributed by atoms with Gasteiger partial charge >= 0.3 is 0 Å². The lowest BCUT2D eigenvalue weighted by atomic mass is 9.60. The molecule has 158 valence electrons. The Morgan fingerprint density at radius 1 is 1.11 bits per heavy atom. The summed E-state index contributed by atoms with van der Waals surface area (Å²) in [4.78, 5) is 0. The Morgan fingerprint density at radius 2 is 1.89 bits per heavy atom. The average Bonchev–Trinajstić information content (AvgIpc) is 2.99. The van der Waals surface area contributed by atoms with E-state index in [0.717, 1.165) is 42.9 Å². The second-order valence-corrected chi connectivity index (χ2v) is 10.8. The number of hydrogen-bond acceptors (Lipinski definition) is 1. The van der Waals surface area contributed by atoms with Crippen molar-refractivity contribution in [3.63, 3.8) is 0 Å². The molecule has 0 aromatic heterocycles. The summed E-state index contributed by atoms with van der Waals surface area (Å²) in [5.74, 6) is 3.37. The minimum Gasteiger partial charge on any atom is -0.393 e. The number of allylic oxidation sites excluding steroid dienone is 4. The molecule has 0 bridgehead atoms. The Morgan fingerprint density at radius 3 is 2.64 bits per heavy atom. The largest absolute Gasteiger partial charge is 0.393 e. The lowest BCUT2D eigenvalue weighted by molar-refractivity contribution is 0.0929. The van der Waals surface area contributed by atoms with E-state index in [1.807, 2.05) is 0 Å². The smallest absolute Gasteiger partial charge is 0.0583 e. The molecule has 0 saturated heterocycles. The summed E-state index contributed by atoms with van der Waals surface area (Å²) < 4.78 is 0. The zero-order valence-corrected chi connectivity index (χ0v) is 19.0. The first kappa shape index (κ1) is 21.9. The Bertz CT molecular complexity index is 610. The molecule has 5 atom stereocenters. The highest BCUT2D eigenvalue weighted by atomic mass is 16.3. The van der Waals surface area contributed by atoms with Crippen molar-refractivity contribution in [1.82, 2.24) is 0 Å². The summed E-state index contributed by atoms with van der Waals surface area (Å²) in [5, 5.41) is 10.0. The maximum absolute atomic E-state index is 10.0. The number of hydrogen-bond donors (Lipinski definition) is 1. The van der Waals surface area contributed by atoms with Crippen LogP contribution in [0.3, 0.4) is 0 Å². The lowest BCUT2D eigenvalue weighted by Crippen LogP contribution is -2.36. The van der Waals surface area contributed by atoms with Crippen LogP contribution in [0, 0.1) is 29.1 Å². The lowest BCUT2D eigenvalue weighted by Gasteiger charge is -2.44. The standard InChI is InChI=1S/C27H44O/c1-19(2)8-6-9-21(4)25-15-16-26-22(10-7-17-27(25,26)5)12-13-23-18-24(28)14-11-20(23)3/h12-13,19,21,24-26,28H,3,6-11,14-18H2,1-2,4-5H3/b22-12+,23-13-/t21-,24-,25-,26-,27+/m0/s1. The van der Waals surface area contributed by atoms with Crippen LogP contribution in [0.4, 0.5) is 0 Å². The van der Waals surface area contributed by atoms with E-state index >= 15 is 0 Å². The molecule has 3 saturated carbocycles. The fraction of sp³-hybridized carbons (Fsp3) is 0.778. The minimum atomic E-state index is -0.172. The molecule has 28 heavy (non-hydrogen) atoms. The minimum absolute atomic E-state index is 0.172. The highest BCUT2D eigenvalue weighted by Gasteiger charge is 2.50. The van der Waals surface area contributed by atoms with Crippen LogP contribution < -0.4 is 0 Å². The van der Waals surface area contributed by atoms with Gasteiger partial charge in [0.15, 0.2) is 0 Å². The van der Waals surface area contributed by atoms with E-state index in [2.05, 4.69) is 46.4 Å². The predicted molar refractivity (Wildman–Crippen MR) is 121 cm³/mol. The molecule has 0 spiro atoms. The third kappa shape index (κ3) is 4.84. The topological polar surface area (TPSA) is 20.2 Å². The summed E-state index contributed by atoms with van der Waals surface area (Å²) in [7, 11) is 0. The van der Waals surface area contributed by atoms with Gasteiger partial charge in [-0.15, -0.1) is 0 Å². The molecular formula is C27H44O. The molecule has 3 fully saturated rings. The van der Waals surface area contributed by atoms with Gasteiger partial charge in [-0.05, 0) is 86.0 Å². The molecule has 1 nitrogen and oxygen atoms in total. The third-order valence-corrected chi connectivity index (χ3v) is 8.35. The van der Waals surface area contributed by atoms with Crippen molar-refractivity contribution in [2.75, 3.05) is 0 Å². The molecule has 0 aromatic rings. The van der Waals surface area contributed by atoms with E-state index in [9.17, 15) is 5.11 Å². The van der Waals surface area contributed by atoms with Crippen molar-refractivity contribution in [3.05, 3.63) is 35.5 Å². The second-order valence-electron chi connectivity index (χ2n) is 10.8. The normalized spacial score (nSPS) is 37.6. The van der Waals surface area contributed by atoms with Crippen molar-refractivity contribution in [2.24, 2.45) is 29.1 Å². The Kier molecular flexibility index (Phi) is 7.29. The Balaban J connectivity index is 1.70.